The average molecular weight is 246 g/mol. The van der Waals surface area contributed by atoms with Crippen LogP contribution in [0.1, 0.15) is 0 Å². The van der Waals surface area contributed by atoms with Crippen LogP contribution in [-0.4, -0.2) is 23.4 Å². The highest BCUT2D eigenvalue weighted by Crippen LogP contribution is 2.26. The van der Waals surface area contributed by atoms with Gasteiger partial charge in [-0.2, -0.15) is 0 Å². The summed E-state index contributed by atoms with van der Waals surface area (Å²) >= 11 is 5.11. The minimum atomic E-state index is 0.604. The van der Waals surface area contributed by atoms with Crippen molar-refractivity contribution in [2.24, 2.45) is 0 Å². The maximum Gasteiger partial charge on any atom is 0.107 e. The van der Waals surface area contributed by atoms with Crippen LogP contribution in [0.25, 0.3) is 0 Å². The van der Waals surface area contributed by atoms with E-state index in [1.165, 1.54) is 0 Å². The number of thioether (sulfide) groups is 1. The highest BCUT2D eigenvalue weighted by atomic mass is 79.9. The van der Waals surface area contributed by atoms with Gasteiger partial charge in [0.15, 0.2) is 0 Å². The smallest absolute Gasteiger partial charge is 0.107 e. The average Bonchev–Trinajstić information content (AvgIpc) is 1.97. The Morgan fingerprint density at radius 2 is 2.33 bits per heavy atom. The van der Waals surface area contributed by atoms with Gasteiger partial charge in [-0.05, 0) is 28.1 Å². The third-order valence-corrected chi connectivity index (χ3v) is 3.10. The minimum Gasteiger partial charge on any atom is -0.379 e. The van der Waals surface area contributed by atoms with E-state index in [1.807, 2.05) is 18.2 Å². The summed E-state index contributed by atoms with van der Waals surface area (Å²) in [5.74, 6) is 0. The molecule has 0 bridgehead atoms. The molecular formula is C8H8BrNOS. The number of aromatic nitrogens is 1. The Kier molecular flexibility index (Phi) is 2.68. The van der Waals surface area contributed by atoms with Crippen LogP contribution in [0, 0.1) is 0 Å². The SMILES string of the molecule is Brc1cccc(SC2COC2)n1. The molecule has 1 aromatic rings. The summed E-state index contributed by atoms with van der Waals surface area (Å²) in [5.41, 5.74) is 0. The lowest BCUT2D eigenvalue weighted by molar-refractivity contribution is 0.0454. The minimum absolute atomic E-state index is 0.604. The van der Waals surface area contributed by atoms with Crippen LogP contribution >= 0.6 is 27.7 Å². The molecule has 0 unspecified atom stereocenters. The van der Waals surface area contributed by atoms with Gasteiger partial charge in [0, 0.05) is 0 Å². The van der Waals surface area contributed by atoms with Crippen molar-refractivity contribution in [3.63, 3.8) is 0 Å². The molecular weight excluding hydrogens is 238 g/mol. The molecule has 12 heavy (non-hydrogen) atoms. The predicted molar refractivity (Wildman–Crippen MR) is 52.4 cm³/mol. The molecule has 2 nitrogen and oxygen atoms in total. The molecule has 64 valence electrons. The van der Waals surface area contributed by atoms with E-state index in [0.29, 0.717) is 5.25 Å². The zero-order valence-corrected chi connectivity index (χ0v) is 8.77. The van der Waals surface area contributed by atoms with Gasteiger partial charge in [0.2, 0.25) is 0 Å². The molecule has 1 aliphatic rings. The van der Waals surface area contributed by atoms with Crippen molar-refractivity contribution in [1.29, 1.82) is 0 Å². The molecule has 1 aromatic heterocycles. The Morgan fingerprint density at radius 1 is 1.50 bits per heavy atom. The van der Waals surface area contributed by atoms with Crippen molar-refractivity contribution < 1.29 is 4.74 Å². The first kappa shape index (κ1) is 8.53. The summed E-state index contributed by atoms with van der Waals surface area (Å²) < 4.78 is 5.97. The summed E-state index contributed by atoms with van der Waals surface area (Å²) in [6.07, 6.45) is 0. The fraction of sp³-hybridized carbons (Fsp3) is 0.375. The molecule has 2 heterocycles. The van der Waals surface area contributed by atoms with Crippen LogP contribution in [0.2, 0.25) is 0 Å². The highest BCUT2D eigenvalue weighted by molar-refractivity contribution is 9.10. The van der Waals surface area contributed by atoms with E-state index in [4.69, 9.17) is 4.74 Å². The first-order valence-electron chi connectivity index (χ1n) is 3.71. The molecule has 1 aliphatic heterocycles. The molecule has 0 saturated carbocycles. The predicted octanol–water partition coefficient (Wildman–Crippen LogP) is 2.33. The normalized spacial score (nSPS) is 17.4. The molecule has 1 fully saturated rings. The Hall–Kier alpha value is -0.0600. The lowest BCUT2D eigenvalue weighted by atomic mass is 10.4. The number of rotatable bonds is 2. The molecule has 1 saturated heterocycles. The van der Waals surface area contributed by atoms with E-state index in [2.05, 4.69) is 20.9 Å². The van der Waals surface area contributed by atoms with Gasteiger partial charge in [-0.3, -0.25) is 0 Å². The van der Waals surface area contributed by atoms with Gasteiger partial charge < -0.3 is 4.74 Å². The quantitative estimate of drug-likeness (QED) is 0.748. The Morgan fingerprint density at radius 3 is 2.92 bits per heavy atom. The zero-order valence-electron chi connectivity index (χ0n) is 6.37. The first-order chi connectivity index (χ1) is 5.84. The Labute approximate surface area is 83.8 Å². The van der Waals surface area contributed by atoms with Gasteiger partial charge in [-0.1, -0.05) is 17.8 Å². The van der Waals surface area contributed by atoms with Gasteiger partial charge in [0.05, 0.1) is 23.5 Å². The van der Waals surface area contributed by atoms with Gasteiger partial charge in [0.1, 0.15) is 4.60 Å². The largest absolute Gasteiger partial charge is 0.379 e. The maximum absolute atomic E-state index is 5.08. The Bertz CT molecular complexity index is 278. The molecule has 0 atom stereocenters. The zero-order chi connectivity index (χ0) is 8.39. The molecule has 2 rings (SSSR count). The number of ether oxygens (including phenoxy) is 1. The summed E-state index contributed by atoms with van der Waals surface area (Å²) in [7, 11) is 0. The van der Waals surface area contributed by atoms with Crippen LogP contribution in [0.15, 0.2) is 27.8 Å². The second-order valence-corrected chi connectivity index (χ2v) is 4.71. The maximum atomic E-state index is 5.08. The summed E-state index contributed by atoms with van der Waals surface area (Å²) in [4.78, 5) is 4.32. The molecule has 0 aromatic carbocycles. The van der Waals surface area contributed by atoms with Crippen molar-refractivity contribution in [2.45, 2.75) is 10.3 Å². The van der Waals surface area contributed by atoms with Crippen LogP contribution < -0.4 is 0 Å². The monoisotopic (exact) mass is 245 g/mol. The highest BCUT2D eigenvalue weighted by Gasteiger charge is 2.19. The molecule has 0 aliphatic carbocycles. The summed E-state index contributed by atoms with van der Waals surface area (Å²) in [5, 5.41) is 1.67. The second kappa shape index (κ2) is 3.77. The molecule has 0 amide bonds. The van der Waals surface area contributed by atoms with Crippen LogP contribution in [-0.2, 0) is 4.74 Å². The van der Waals surface area contributed by atoms with Crippen molar-refractivity contribution in [3.8, 4) is 0 Å². The van der Waals surface area contributed by atoms with Crippen molar-refractivity contribution in [3.05, 3.63) is 22.8 Å². The third-order valence-electron chi connectivity index (χ3n) is 1.58. The van der Waals surface area contributed by atoms with E-state index in [0.717, 1.165) is 22.8 Å². The lowest BCUT2D eigenvalue weighted by Gasteiger charge is -2.24. The van der Waals surface area contributed by atoms with Gasteiger partial charge in [-0.25, -0.2) is 4.98 Å². The lowest BCUT2D eigenvalue weighted by Crippen LogP contribution is -2.30. The van der Waals surface area contributed by atoms with Gasteiger partial charge in [0.25, 0.3) is 0 Å². The second-order valence-electron chi connectivity index (χ2n) is 2.58. The summed E-state index contributed by atoms with van der Waals surface area (Å²) in [6, 6.07) is 5.95. The van der Waals surface area contributed by atoms with E-state index in [1.54, 1.807) is 11.8 Å². The first-order valence-corrected chi connectivity index (χ1v) is 5.39. The number of hydrogen-bond acceptors (Lipinski definition) is 3. The van der Waals surface area contributed by atoms with Crippen LogP contribution in [0.5, 0.6) is 0 Å². The van der Waals surface area contributed by atoms with Gasteiger partial charge in [-0.15, -0.1) is 0 Å². The van der Waals surface area contributed by atoms with E-state index in [9.17, 15) is 0 Å². The van der Waals surface area contributed by atoms with E-state index < -0.39 is 0 Å². The third kappa shape index (κ3) is 2.00. The van der Waals surface area contributed by atoms with Crippen molar-refractivity contribution in [2.75, 3.05) is 13.2 Å². The fourth-order valence-electron chi connectivity index (χ4n) is 0.908. The van der Waals surface area contributed by atoms with Gasteiger partial charge >= 0.3 is 0 Å². The summed E-state index contributed by atoms with van der Waals surface area (Å²) in [6.45, 7) is 1.72. The number of hydrogen-bond donors (Lipinski definition) is 0. The topological polar surface area (TPSA) is 22.1 Å². The standard InChI is InChI=1S/C8H8BrNOS/c9-7-2-1-3-8(10-7)12-6-4-11-5-6/h1-3,6H,4-5H2. The molecule has 0 spiro atoms. The molecule has 0 radical (unpaired) electrons. The van der Waals surface area contributed by atoms with Crippen molar-refractivity contribution in [1.82, 2.24) is 4.98 Å². The number of pyridine rings is 1. The van der Waals surface area contributed by atoms with E-state index >= 15 is 0 Å². The molecule has 0 N–H and O–H groups in total. The fourth-order valence-corrected chi connectivity index (χ4v) is 2.35. The number of nitrogens with zero attached hydrogens (tertiary/aromatic N) is 1. The van der Waals surface area contributed by atoms with E-state index in [-0.39, 0.29) is 0 Å². The van der Waals surface area contributed by atoms with Crippen LogP contribution in [0.4, 0.5) is 0 Å². The number of halogens is 1. The molecule has 4 heteroatoms. The Balaban J connectivity index is 2.02. The van der Waals surface area contributed by atoms with Crippen LogP contribution in [0.3, 0.4) is 0 Å². The van der Waals surface area contributed by atoms with Crippen molar-refractivity contribution >= 4 is 27.7 Å².